The highest BCUT2D eigenvalue weighted by Gasteiger charge is 2.13. The van der Waals surface area contributed by atoms with Gasteiger partial charge >= 0.3 is 0 Å². The zero-order valence-corrected chi connectivity index (χ0v) is 17.1. The Morgan fingerprint density at radius 2 is 2.00 bits per heavy atom. The van der Waals surface area contributed by atoms with Crippen LogP contribution >= 0.6 is 11.3 Å². The van der Waals surface area contributed by atoms with Crippen LogP contribution in [0.15, 0.2) is 53.8 Å². The molecule has 148 valence electrons. The van der Waals surface area contributed by atoms with Crippen molar-refractivity contribution in [2.45, 2.75) is 33.4 Å². The number of fused-ring (bicyclic) bond motifs is 1. The number of hydrogen-bond donors (Lipinski definition) is 1. The molecule has 4 aromatic rings. The Bertz CT molecular complexity index is 1220. The predicted molar refractivity (Wildman–Crippen MR) is 113 cm³/mol. The van der Waals surface area contributed by atoms with Crippen LogP contribution in [0.2, 0.25) is 0 Å². The molecule has 0 saturated heterocycles. The van der Waals surface area contributed by atoms with Crippen molar-refractivity contribution in [1.29, 1.82) is 0 Å². The average molecular weight is 407 g/mol. The number of benzene rings is 1. The number of carbonyl (C=O) groups is 1. The lowest BCUT2D eigenvalue weighted by molar-refractivity contribution is -0.121. The number of thiophene rings is 1. The highest BCUT2D eigenvalue weighted by molar-refractivity contribution is 7.18. The fourth-order valence-electron chi connectivity index (χ4n) is 3.11. The normalized spacial score (nSPS) is 11.1. The third-order valence-corrected chi connectivity index (χ3v) is 6.00. The first kappa shape index (κ1) is 19.1. The van der Waals surface area contributed by atoms with E-state index in [0.717, 1.165) is 26.5 Å². The smallest absolute Gasteiger partial charge is 0.262 e. The van der Waals surface area contributed by atoms with Crippen LogP contribution in [0.3, 0.4) is 0 Å². The summed E-state index contributed by atoms with van der Waals surface area (Å²) in [7, 11) is 0. The topological polar surface area (TPSA) is 81.8 Å². The minimum atomic E-state index is -0.123. The fourth-order valence-corrected chi connectivity index (χ4v) is 4.10. The number of carbonyl (C=O) groups excluding carboxylic acids is 1. The summed E-state index contributed by atoms with van der Waals surface area (Å²) in [5.41, 5.74) is 2.75. The van der Waals surface area contributed by atoms with E-state index in [1.54, 1.807) is 10.9 Å². The van der Waals surface area contributed by atoms with Crippen LogP contribution in [0.5, 0.6) is 0 Å². The van der Waals surface area contributed by atoms with Crippen molar-refractivity contribution in [1.82, 2.24) is 24.6 Å². The summed E-state index contributed by atoms with van der Waals surface area (Å²) in [5, 5.41) is 7.86. The monoisotopic (exact) mass is 407 g/mol. The first-order chi connectivity index (χ1) is 14.0. The first-order valence-corrected chi connectivity index (χ1v) is 10.2. The van der Waals surface area contributed by atoms with E-state index in [2.05, 4.69) is 15.4 Å². The van der Waals surface area contributed by atoms with Gasteiger partial charge < -0.3 is 5.32 Å². The Morgan fingerprint density at radius 3 is 2.79 bits per heavy atom. The summed E-state index contributed by atoms with van der Waals surface area (Å²) < 4.78 is 3.28. The maximum absolute atomic E-state index is 12.7. The van der Waals surface area contributed by atoms with Gasteiger partial charge in [-0.15, -0.1) is 11.3 Å². The molecular weight excluding hydrogens is 386 g/mol. The van der Waals surface area contributed by atoms with Crippen molar-refractivity contribution < 1.29 is 4.79 Å². The molecule has 8 heteroatoms. The minimum absolute atomic E-state index is 0.0891. The summed E-state index contributed by atoms with van der Waals surface area (Å²) >= 11 is 1.52. The maximum Gasteiger partial charge on any atom is 0.262 e. The zero-order chi connectivity index (χ0) is 20.4. The Balaban J connectivity index is 1.36. The molecule has 0 radical (unpaired) electrons. The van der Waals surface area contributed by atoms with Crippen LogP contribution in [0.4, 0.5) is 0 Å². The molecule has 0 aliphatic heterocycles. The van der Waals surface area contributed by atoms with Crippen molar-refractivity contribution in [3.8, 4) is 5.69 Å². The van der Waals surface area contributed by atoms with Gasteiger partial charge in [0.05, 0.1) is 23.6 Å². The number of nitrogens with zero attached hydrogens (tertiary/aromatic N) is 4. The molecule has 1 amide bonds. The highest BCUT2D eigenvalue weighted by Crippen LogP contribution is 2.25. The van der Waals surface area contributed by atoms with Crippen LogP contribution in [0, 0.1) is 13.8 Å². The average Bonchev–Trinajstić information content (AvgIpc) is 3.32. The zero-order valence-electron chi connectivity index (χ0n) is 16.3. The number of hydrogen-bond acceptors (Lipinski definition) is 5. The number of amides is 1. The van der Waals surface area contributed by atoms with Gasteiger partial charge in [0, 0.05) is 36.1 Å². The van der Waals surface area contributed by atoms with E-state index in [9.17, 15) is 9.59 Å². The van der Waals surface area contributed by atoms with Crippen molar-refractivity contribution in [2.75, 3.05) is 0 Å². The summed E-state index contributed by atoms with van der Waals surface area (Å²) in [4.78, 5) is 31.1. The van der Waals surface area contributed by atoms with Crippen LogP contribution in [0.1, 0.15) is 22.4 Å². The lowest BCUT2D eigenvalue weighted by atomic mass is 10.2. The van der Waals surface area contributed by atoms with Crippen LogP contribution in [-0.2, 0) is 17.9 Å². The van der Waals surface area contributed by atoms with Crippen molar-refractivity contribution in [3.05, 3.63) is 75.4 Å². The van der Waals surface area contributed by atoms with E-state index in [-0.39, 0.29) is 17.9 Å². The van der Waals surface area contributed by atoms with Gasteiger partial charge in [0.1, 0.15) is 4.83 Å². The maximum atomic E-state index is 12.7. The number of aryl methyl sites for hydroxylation is 3. The van der Waals surface area contributed by atoms with Crippen molar-refractivity contribution in [2.24, 2.45) is 0 Å². The molecule has 0 unspecified atom stereocenters. The molecule has 4 rings (SSSR count). The Labute approximate surface area is 171 Å². The summed E-state index contributed by atoms with van der Waals surface area (Å²) in [6, 6.07) is 9.79. The molecule has 0 spiro atoms. The van der Waals surface area contributed by atoms with Gasteiger partial charge in [-0.2, -0.15) is 5.10 Å². The second kappa shape index (κ2) is 8.00. The molecule has 3 aromatic heterocycles. The van der Waals surface area contributed by atoms with Gasteiger partial charge in [-0.25, -0.2) is 9.67 Å². The van der Waals surface area contributed by atoms with E-state index in [1.165, 1.54) is 22.2 Å². The molecule has 0 aliphatic rings. The molecule has 0 saturated carbocycles. The molecule has 0 bridgehead atoms. The third kappa shape index (κ3) is 3.97. The lowest BCUT2D eigenvalue weighted by Crippen LogP contribution is -2.27. The third-order valence-electron chi connectivity index (χ3n) is 4.88. The number of aromatic nitrogens is 4. The summed E-state index contributed by atoms with van der Waals surface area (Å²) in [5.74, 6) is -0.123. The van der Waals surface area contributed by atoms with Gasteiger partial charge in [0.15, 0.2) is 0 Å². The fraction of sp³-hybridized carbons (Fsp3) is 0.238. The molecular formula is C21H21N5O2S. The van der Waals surface area contributed by atoms with E-state index in [0.29, 0.717) is 18.5 Å². The quantitative estimate of drug-likeness (QED) is 0.533. The molecule has 7 nitrogen and oxygen atoms in total. The SMILES string of the molecule is Cc1sc2ncn(CCC(=O)NCc3cnn(-c4ccccc4)c3)c(=O)c2c1C. The summed E-state index contributed by atoms with van der Waals surface area (Å²) in [6.07, 6.45) is 5.36. The molecule has 3 heterocycles. The molecule has 1 N–H and O–H groups in total. The van der Waals surface area contributed by atoms with E-state index in [1.807, 2.05) is 50.4 Å². The number of para-hydroxylation sites is 1. The predicted octanol–water partition coefficient (Wildman–Crippen LogP) is 2.97. The number of rotatable bonds is 6. The Kier molecular flexibility index (Phi) is 5.26. The van der Waals surface area contributed by atoms with Gasteiger partial charge in [0.25, 0.3) is 5.56 Å². The lowest BCUT2D eigenvalue weighted by Gasteiger charge is -2.06. The second-order valence-electron chi connectivity index (χ2n) is 6.86. The number of nitrogens with one attached hydrogen (secondary N) is 1. The van der Waals surface area contributed by atoms with Gasteiger partial charge in [-0.1, -0.05) is 18.2 Å². The van der Waals surface area contributed by atoms with Gasteiger partial charge in [0.2, 0.25) is 5.91 Å². The molecule has 0 fully saturated rings. The summed E-state index contributed by atoms with van der Waals surface area (Å²) in [6.45, 7) is 4.61. The molecule has 1 aromatic carbocycles. The Morgan fingerprint density at radius 1 is 1.21 bits per heavy atom. The largest absolute Gasteiger partial charge is 0.352 e. The molecule has 0 atom stereocenters. The first-order valence-electron chi connectivity index (χ1n) is 9.34. The van der Waals surface area contributed by atoms with Crippen LogP contribution < -0.4 is 10.9 Å². The van der Waals surface area contributed by atoms with Gasteiger partial charge in [-0.3, -0.25) is 14.2 Å². The minimum Gasteiger partial charge on any atom is -0.352 e. The van der Waals surface area contributed by atoms with Crippen LogP contribution in [0.25, 0.3) is 15.9 Å². The highest BCUT2D eigenvalue weighted by atomic mass is 32.1. The van der Waals surface area contributed by atoms with E-state index < -0.39 is 0 Å². The van der Waals surface area contributed by atoms with E-state index >= 15 is 0 Å². The van der Waals surface area contributed by atoms with E-state index in [4.69, 9.17) is 0 Å². The Hall–Kier alpha value is -3.26. The molecule has 29 heavy (non-hydrogen) atoms. The van der Waals surface area contributed by atoms with Gasteiger partial charge in [-0.05, 0) is 31.5 Å². The molecule has 0 aliphatic carbocycles. The standard InChI is InChI=1S/C21H21N5O2S/c1-14-15(2)29-20-19(14)21(28)25(13-23-20)9-8-18(27)22-10-16-11-24-26(12-16)17-6-4-3-5-7-17/h3-7,11-13H,8-10H2,1-2H3,(H,22,27). The second-order valence-corrected chi connectivity index (χ2v) is 8.07. The van der Waals surface area contributed by atoms with Crippen molar-refractivity contribution in [3.63, 3.8) is 0 Å². The van der Waals surface area contributed by atoms with Crippen LogP contribution in [-0.4, -0.2) is 25.2 Å². The van der Waals surface area contributed by atoms with Crippen molar-refractivity contribution >= 4 is 27.5 Å².